The molecule has 0 radical (unpaired) electrons. The summed E-state index contributed by atoms with van der Waals surface area (Å²) in [6.07, 6.45) is 0.0975. The summed E-state index contributed by atoms with van der Waals surface area (Å²) in [7, 11) is 0. The van der Waals surface area contributed by atoms with Crippen LogP contribution in [0.4, 0.5) is 18.9 Å². The second-order valence-corrected chi connectivity index (χ2v) is 9.83. The lowest BCUT2D eigenvalue weighted by Crippen LogP contribution is -2.38. The first-order chi connectivity index (χ1) is 16.7. The van der Waals surface area contributed by atoms with Gasteiger partial charge < -0.3 is 9.62 Å². The van der Waals surface area contributed by atoms with Gasteiger partial charge in [0.2, 0.25) is 0 Å². The van der Waals surface area contributed by atoms with Crippen molar-refractivity contribution >= 4 is 35.1 Å². The number of aromatic nitrogens is 1. The van der Waals surface area contributed by atoms with Crippen LogP contribution in [0.2, 0.25) is 5.02 Å². The van der Waals surface area contributed by atoms with E-state index in [4.69, 9.17) is 11.6 Å². The van der Waals surface area contributed by atoms with Crippen LogP contribution in [-0.2, 0) is 0 Å². The molecule has 35 heavy (non-hydrogen) atoms. The summed E-state index contributed by atoms with van der Waals surface area (Å²) in [6.45, 7) is 4.82. The number of rotatable bonds is 6. The largest absolute Gasteiger partial charge is 0.339 e. The van der Waals surface area contributed by atoms with Crippen molar-refractivity contribution < 1.29 is 18.0 Å². The Morgan fingerprint density at radius 2 is 1.86 bits per heavy atom. The Bertz CT molecular complexity index is 1230. The van der Waals surface area contributed by atoms with Crippen molar-refractivity contribution in [2.45, 2.75) is 43.9 Å². The number of nitrogens with one attached hydrogen (secondary N) is 1. The average molecular weight is 520 g/mol. The molecule has 4 nitrogen and oxygen atoms in total. The normalized spacial score (nSPS) is 14.4. The number of anilines is 1. The number of amides is 1. The number of nitrogens with zero attached hydrogens (tertiary/aromatic N) is 2. The van der Waals surface area contributed by atoms with Gasteiger partial charge in [-0.15, -0.1) is 0 Å². The van der Waals surface area contributed by atoms with Gasteiger partial charge in [0.25, 0.3) is 12.3 Å². The molecule has 1 fully saturated rings. The first-order valence-corrected chi connectivity index (χ1v) is 12.5. The Balaban J connectivity index is 1.37. The van der Waals surface area contributed by atoms with Gasteiger partial charge in [-0.1, -0.05) is 11.6 Å². The van der Waals surface area contributed by atoms with Gasteiger partial charge in [-0.2, -0.15) is 0 Å². The molecule has 2 heterocycles. The smallest absolute Gasteiger partial charge is 0.280 e. The molecule has 0 saturated carbocycles. The standard InChI is InChI=1S/C26H25ClF3N3OS/c1-15-16(2)22(5-4-20(15)27)32-35-24-6-3-19(13-21(24)28)26(34)33-11-8-17(9-12-33)18-7-10-31-23(14-18)25(29)30/h3-7,10,13-14,17,25,32H,8-9,11-12H2,1-2H3. The Kier molecular flexibility index (Phi) is 7.91. The first-order valence-electron chi connectivity index (χ1n) is 11.3. The van der Waals surface area contributed by atoms with Crippen LogP contribution in [0.5, 0.6) is 0 Å². The third kappa shape index (κ3) is 5.76. The van der Waals surface area contributed by atoms with Crippen LogP contribution in [0.15, 0.2) is 53.6 Å². The summed E-state index contributed by atoms with van der Waals surface area (Å²) < 4.78 is 43.9. The number of carbonyl (C=O) groups is 1. The van der Waals surface area contributed by atoms with Crippen molar-refractivity contribution in [3.8, 4) is 0 Å². The molecule has 2 aromatic carbocycles. The molecule has 1 aliphatic heterocycles. The van der Waals surface area contributed by atoms with Gasteiger partial charge in [-0.3, -0.25) is 9.78 Å². The van der Waals surface area contributed by atoms with E-state index in [1.165, 1.54) is 18.3 Å². The number of halogens is 4. The summed E-state index contributed by atoms with van der Waals surface area (Å²) >= 11 is 7.27. The van der Waals surface area contributed by atoms with Gasteiger partial charge in [0, 0.05) is 35.6 Å². The number of hydrogen-bond donors (Lipinski definition) is 1. The third-order valence-electron chi connectivity index (χ3n) is 6.45. The quantitative estimate of drug-likeness (QED) is 0.341. The minimum Gasteiger partial charge on any atom is -0.339 e. The van der Waals surface area contributed by atoms with Crippen LogP contribution in [0.3, 0.4) is 0 Å². The fourth-order valence-electron chi connectivity index (χ4n) is 4.16. The van der Waals surface area contributed by atoms with E-state index in [0.29, 0.717) is 35.8 Å². The lowest BCUT2D eigenvalue weighted by Gasteiger charge is -2.32. The lowest BCUT2D eigenvalue weighted by atomic mass is 9.89. The van der Waals surface area contributed by atoms with E-state index in [2.05, 4.69) is 9.71 Å². The lowest BCUT2D eigenvalue weighted by molar-refractivity contribution is 0.0712. The third-order valence-corrected chi connectivity index (χ3v) is 7.74. The number of piperidine rings is 1. The summed E-state index contributed by atoms with van der Waals surface area (Å²) in [5, 5.41) is 0.676. The summed E-state index contributed by atoms with van der Waals surface area (Å²) in [6, 6.07) is 11.3. The van der Waals surface area contributed by atoms with E-state index in [1.807, 2.05) is 19.9 Å². The van der Waals surface area contributed by atoms with Gasteiger partial charge in [0.1, 0.15) is 11.5 Å². The van der Waals surface area contributed by atoms with Crippen molar-refractivity contribution in [2.24, 2.45) is 0 Å². The van der Waals surface area contributed by atoms with Crippen LogP contribution >= 0.6 is 23.5 Å². The van der Waals surface area contributed by atoms with Crippen molar-refractivity contribution in [2.75, 3.05) is 17.8 Å². The van der Waals surface area contributed by atoms with E-state index in [9.17, 15) is 18.0 Å². The monoisotopic (exact) mass is 519 g/mol. The molecule has 0 atom stereocenters. The molecule has 1 N–H and O–H groups in total. The molecule has 0 bridgehead atoms. The maximum absolute atomic E-state index is 14.8. The number of likely N-dealkylation sites (tertiary alicyclic amines) is 1. The van der Waals surface area contributed by atoms with E-state index in [-0.39, 0.29) is 23.1 Å². The zero-order valence-corrected chi connectivity index (χ0v) is 20.9. The Labute approximate surface area is 212 Å². The fourth-order valence-corrected chi connectivity index (χ4v) is 5.10. The maximum Gasteiger partial charge on any atom is 0.280 e. The number of pyridine rings is 1. The molecule has 184 valence electrons. The zero-order chi connectivity index (χ0) is 25.1. The van der Waals surface area contributed by atoms with Gasteiger partial charge in [-0.05, 0) is 104 Å². The van der Waals surface area contributed by atoms with Crippen LogP contribution in [-0.4, -0.2) is 28.9 Å². The maximum atomic E-state index is 14.8. The Morgan fingerprint density at radius 1 is 1.11 bits per heavy atom. The van der Waals surface area contributed by atoms with Crippen LogP contribution < -0.4 is 4.72 Å². The van der Waals surface area contributed by atoms with Crippen molar-refractivity contribution in [1.82, 2.24) is 9.88 Å². The number of hydrogen-bond acceptors (Lipinski definition) is 4. The molecule has 4 rings (SSSR count). The van der Waals surface area contributed by atoms with Crippen molar-refractivity contribution in [3.05, 3.63) is 87.4 Å². The fraction of sp³-hybridized carbons (Fsp3) is 0.308. The van der Waals surface area contributed by atoms with E-state index >= 15 is 0 Å². The van der Waals surface area contributed by atoms with Gasteiger partial charge in [-0.25, -0.2) is 13.2 Å². The van der Waals surface area contributed by atoms with E-state index in [0.717, 1.165) is 34.3 Å². The highest BCUT2D eigenvalue weighted by Gasteiger charge is 2.26. The molecule has 3 aromatic rings. The highest BCUT2D eigenvalue weighted by molar-refractivity contribution is 8.00. The molecule has 0 spiro atoms. The summed E-state index contributed by atoms with van der Waals surface area (Å²) in [4.78, 5) is 18.7. The Hall–Kier alpha value is -2.71. The molecule has 1 aliphatic rings. The SMILES string of the molecule is Cc1c(Cl)ccc(NSc2ccc(C(=O)N3CCC(c4ccnc(C(F)F)c4)CC3)cc2F)c1C. The van der Waals surface area contributed by atoms with Gasteiger partial charge in [0.05, 0.1) is 4.90 Å². The van der Waals surface area contributed by atoms with Crippen LogP contribution in [0.1, 0.15) is 57.9 Å². The van der Waals surface area contributed by atoms with Crippen LogP contribution in [0.25, 0.3) is 0 Å². The topological polar surface area (TPSA) is 45.2 Å². The number of benzene rings is 2. The molecule has 1 saturated heterocycles. The molecule has 0 aliphatic carbocycles. The van der Waals surface area contributed by atoms with Crippen molar-refractivity contribution in [3.63, 3.8) is 0 Å². The molecule has 1 aromatic heterocycles. The zero-order valence-electron chi connectivity index (χ0n) is 19.3. The predicted octanol–water partition coefficient (Wildman–Crippen LogP) is 7.57. The van der Waals surface area contributed by atoms with Gasteiger partial charge >= 0.3 is 0 Å². The second-order valence-electron chi connectivity index (χ2n) is 8.58. The molecule has 0 unspecified atom stereocenters. The molecular formula is C26H25ClF3N3OS. The second kappa shape index (κ2) is 10.9. The summed E-state index contributed by atoms with van der Waals surface area (Å²) in [5.41, 5.74) is 3.65. The average Bonchev–Trinajstić information content (AvgIpc) is 2.87. The number of carbonyl (C=O) groups excluding carboxylic acids is 1. The summed E-state index contributed by atoms with van der Waals surface area (Å²) in [5.74, 6) is -0.636. The first kappa shape index (κ1) is 25.4. The molecular weight excluding hydrogens is 495 g/mol. The Morgan fingerprint density at radius 3 is 2.54 bits per heavy atom. The number of alkyl halides is 2. The van der Waals surface area contributed by atoms with Crippen molar-refractivity contribution in [1.29, 1.82) is 0 Å². The van der Waals surface area contributed by atoms with E-state index in [1.54, 1.807) is 29.2 Å². The highest BCUT2D eigenvalue weighted by atomic mass is 35.5. The van der Waals surface area contributed by atoms with Gasteiger partial charge in [0.15, 0.2) is 0 Å². The molecule has 9 heteroatoms. The van der Waals surface area contributed by atoms with E-state index < -0.39 is 12.2 Å². The predicted molar refractivity (Wildman–Crippen MR) is 134 cm³/mol. The highest BCUT2D eigenvalue weighted by Crippen LogP contribution is 2.32. The minimum atomic E-state index is -2.61. The molecule has 1 amide bonds. The minimum absolute atomic E-state index is 0.0843. The van der Waals surface area contributed by atoms with Crippen LogP contribution in [0, 0.1) is 19.7 Å².